The smallest absolute Gasteiger partial charge is 0.126 e. The van der Waals surface area contributed by atoms with Crippen LogP contribution in [0.25, 0.3) is 0 Å². The number of rotatable bonds is 3. The quantitative estimate of drug-likeness (QED) is 0.822. The zero-order valence-electron chi connectivity index (χ0n) is 9.09. The van der Waals surface area contributed by atoms with Crippen LogP contribution >= 0.6 is 0 Å². The van der Waals surface area contributed by atoms with Crippen molar-refractivity contribution in [3.05, 3.63) is 48.4 Å². The van der Waals surface area contributed by atoms with Crippen molar-refractivity contribution < 1.29 is 0 Å². The van der Waals surface area contributed by atoms with Gasteiger partial charge in [0.15, 0.2) is 0 Å². The van der Waals surface area contributed by atoms with E-state index >= 15 is 0 Å². The molecule has 0 spiro atoms. The summed E-state index contributed by atoms with van der Waals surface area (Å²) in [6.07, 6.45) is 5.20. The highest BCUT2D eigenvalue weighted by molar-refractivity contribution is 5.45. The van der Waals surface area contributed by atoms with Gasteiger partial charge in [0, 0.05) is 12.4 Å². The highest BCUT2D eigenvalue weighted by Gasteiger charge is 2.04. The molecule has 2 rings (SSSR count). The van der Waals surface area contributed by atoms with Gasteiger partial charge in [-0.2, -0.15) is 0 Å². The van der Waals surface area contributed by atoms with Crippen LogP contribution in [0, 0.1) is 0 Å². The first-order chi connectivity index (χ1) is 7.75. The topological polar surface area (TPSA) is 63.8 Å². The molecule has 0 aromatic carbocycles. The summed E-state index contributed by atoms with van der Waals surface area (Å²) in [5.74, 6) is 0.818. The molecular formula is C12H14N4. The third-order valence-corrected chi connectivity index (χ3v) is 2.36. The van der Waals surface area contributed by atoms with Crippen LogP contribution in [0.2, 0.25) is 0 Å². The largest absolute Gasteiger partial charge is 0.397 e. The van der Waals surface area contributed by atoms with Gasteiger partial charge >= 0.3 is 0 Å². The molecule has 16 heavy (non-hydrogen) atoms. The van der Waals surface area contributed by atoms with E-state index in [-0.39, 0.29) is 6.04 Å². The Labute approximate surface area is 94.5 Å². The molecule has 2 aromatic rings. The molecule has 2 aromatic heterocycles. The Morgan fingerprint density at radius 3 is 2.56 bits per heavy atom. The summed E-state index contributed by atoms with van der Waals surface area (Å²) >= 11 is 0. The van der Waals surface area contributed by atoms with E-state index in [9.17, 15) is 0 Å². The van der Waals surface area contributed by atoms with Crippen LogP contribution in [0.1, 0.15) is 18.5 Å². The number of aromatic nitrogens is 2. The van der Waals surface area contributed by atoms with Gasteiger partial charge in [-0.05, 0) is 36.8 Å². The maximum atomic E-state index is 5.57. The Kier molecular flexibility index (Phi) is 3.00. The predicted molar refractivity (Wildman–Crippen MR) is 64.9 cm³/mol. The average Bonchev–Trinajstić information content (AvgIpc) is 2.33. The van der Waals surface area contributed by atoms with Crippen LogP contribution in [-0.2, 0) is 0 Å². The summed E-state index contributed by atoms with van der Waals surface area (Å²) in [6.45, 7) is 2.08. The van der Waals surface area contributed by atoms with Gasteiger partial charge in [-0.15, -0.1) is 0 Å². The number of anilines is 2. The highest BCUT2D eigenvalue weighted by Crippen LogP contribution is 2.17. The summed E-state index contributed by atoms with van der Waals surface area (Å²) in [6, 6.07) is 7.85. The Hall–Kier alpha value is -2.10. The number of nitrogens with one attached hydrogen (secondary N) is 1. The molecule has 4 heteroatoms. The normalized spacial score (nSPS) is 12.1. The molecule has 0 fully saturated rings. The van der Waals surface area contributed by atoms with Crippen LogP contribution in [-0.4, -0.2) is 9.97 Å². The van der Waals surface area contributed by atoms with Gasteiger partial charge in [0.2, 0.25) is 0 Å². The van der Waals surface area contributed by atoms with E-state index in [0.717, 1.165) is 5.82 Å². The number of nitrogens with two attached hydrogens (primary N) is 1. The van der Waals surface area contributed by atoms with Crippen LogP contribution < -0.4 is 11.1 Å². The lowest BCUT2D eigenvalue weighted by molar-refractivity contribution is 0.871. The Morgan fingerprint density at radius 2 is 1.94 bits per heavy atom. The maximum absolute atomic E-state index is 5.57. The number of pyridine rings is 2. The summed E-state index contributed by atoms with van der Waals surface area (Å²) in [7, 11) is 0. The minimum absolute atomic E-state index is 0.194. The van der Waals surface area contributed by atoms with Gasteiger partial charge in [-0.3, -0.25) is 4.98 Å². The second kappa shape index (κ2) is 4.61. The van der Waals surface area contributed by atoms with Gasteiger partial charge in [-0.25, -0.2) is 4.98 Å². The Morgan fingerprint density at radius 1 is 1.19 bits per heavy atom. The van der Waals surface area contributed by atoms with E-state index < -0.39 is 0 Å². The Balaban J connectivity index is 2.08. The highest BCUT2D eigenvalue weighted by atomic mass is 15.0. The number of hydrogen-bond acceptors (Lipinski definition) is 4. The number of nitrogens with zero attached hydrogens (tertiary/aromatic N) is 2. The van der Waals surface area contributed by atoms with Crippen molar-refractivity contribution >= 4 is 11.5 Å². The molecule has 0 aliphatic carbocycles. The molecule has 1 atom stereocenters. The average molecular weight is 214 g/mol. The number of hydrogen-bond donors (Lipinski definition) is 2. The molecule has 0 bridgehead atoms. The van der Waals surface area contributed by atoms with E-state index in [2.05, 4.69) is 22.2 Å². The van der Waals surface area contributed by atoms with Crippen LogP contribution in [0.5, 0.6) is 0 Å². The van der Waals surface area contributed by atoms with Gasteiger partial charge in [0.25, 0.3) is 0 Å². The SMILES string of the molecule is CC(Nc1ccc(N)cn1)c1ccncc1. The molecule has 0 aliphatic heterocycles. The molecule has 4 nitrogen and oxygen atoms in total. The molecule has 3 N–H and O–H groups in total. The molecule has 0 aliphatic rings. The summed E-state index contributed by atoms with van der Waals surface area (Å²) in [4.78, 5) is 8.18. The zero-order valence-corrected chi connectivity index (χ0v) is 9.09. The minimum Gasteiger partial charge on any atom is -0.397 e. The molecule has 1 unspecified atom stereocenters. The molecule has 0 radical (unpaired) electrons. The lowest BCUT2D eigenvalue weighted by Gasteiger charge is -2.14. The minimum atomic E-state index is 0.194. The van der Waals surface area contributed by atoms with Gasteiger partial charge < -0.3 is 11.1 Å². The van der Waals surface area contributed by atoms with E-state index in [1.54, 1.807) is 18.6 Å². The molecule has 0 amide bonds. The van der Waals surface area contributed by atoms with Crippen LogP contribution in [0.3, 0.4) is 0 Å². The first-order valence-corrected chi connectivity index (χ1v) is 5.13. The second-order valence-electron chi connectivity index (χ2n) is 3.62. The fourth-order valence-corrected chi connectivity index (χ4v) is 1.45. The zero-order chi connectivity index (χ0) is 11.4. The van der Waals surface area contributed by atoms with Crippen molar-refractivity contribution in [1.29, 1.82) is 0 Å². The van der Waals surface area contributed by atoms with E-state index in [4.69, 9.17) is 5.73 Å². The van der Waals surface area contributed by atoms with Crippen molar-refractivity contribution in [3.63, 3.8) is 0 Å². The van der Waals surface area contributed by atoms with Gasteiger partial charge in [0.1, 0.15) is 5.82 Å². The van der Waals surface area contributed by atoms with E-state index in [1.807, 2.05) is 24.3 Å². The standard InChI is InChI=1S/C12H14N4/c1-9(10-4-6-14-7-5-10)16-12-3-2-11(13)8-15-12/h2-9H,13H2,1H3,(H,15,16). The second-order valence-corrected chi connectivity index (χ2v) is 3.62. The summed E-state index contributed by atoms with van der Waals surface area (Å²) in [5.41, 5.74) is 7.41. The molecule has 82 valence electrons. The van der Waals surface area contributed by atoms with Crippen LogP contribution in [0.15, 0.2) is 42.9 Å². The molecule has 2 heterocycles. The van der Waals surface area contributed by atoms with Gasteiger partial charge in [-0.1, -0.05) is 0 Å². The molecule has 0 saturated heterocycles. The first kappa shape index (κ1) is 10.4. The first-order valence-electron chi connectivity index (χ1n) is 5.13. The summed E-state index contributed by atoms with van der Waals surface area (Å²) in [5, 5.41) is 3.29. The van der Waals surface area contributed by atoms with E-state index in [1.165, 1.54) is 5.56 Å². The fourth-order valence-electron chi connectivity index (χ4n) is 1.45. The lowest BCUT2D eigenvalue weighted by Crippen LogP contribution is -2.07. The molecule has 0 saturated carbocycles. The molecular weight excluding hydrogens is 200 g/mol. The third-order valence-electron chi connectivity index (χ3n) is 2.36. The Bertz CT molecular complexity index is 438. The third kappa shape index (κ3) is 2.48. The van der Waals surface area contributed by atoms with Crippen molar-refractivity contribution in [3.8, 4) is 0 Å². The maximum Gasteiger partial charge on any atom is 0.126 e. The monoisotopic (exact) mass is 214 g/mol. The number of nitrogen functional groups attached to an aromatic ring is 1. The summed E-state index contributed by atoms with van der Waals surface area (Å²) < 4.78 is 0. The predicted octanol–water partition coefficient (Wildman–Crippen LogP) is 2.23. The van der Waals surface area contributed by atoms with Crippen molar-refractivity contribution in [2.45, 2.75) is 13.0 Å². The van der Waals surface area contributed by atoms with Crippen molar-refractivity contribution in [2.75, 3.05) is 11.1 Å². The van der Waals surface area contributed by atoms with Crippen molar-refractivity contribution in [1.82, 2.24) is 9.97 Å². The lowest BCUT2D eigenvalue weighted by atomic mass is 10.1. The van der Waals surface area contributed by atoms with Gasteiger partial charge in [0.05, 0.1) is 17.9 Å². The fraction of sp³-hybridized carbons (Fsp3) is 0.167. The van der Waals surface area contributed by atoms with E-state index in [0.29, 0.717) is 5.69 Å². The van der Waals surface area contributed by atoms with Crippen LogP contribution in [0.4, 0.5) is 11.5 Å². The van der Waals surface area contributed by atoms with Crippen molar-refractivity contribution in [2.24, 2.45) is 0 Å².